The lowest BCUT2D eigenvalue weighted by Crippen LogP contribution is -2.67. The molecule has 4 rings (SSSR count). The van der Waals surface area contributed by atoms with E-state index in [1.807, 2.05) is 47.7 Å². The molecule has 1 aromatic carbocycles. The van der Waals surface area contributed by atoms with Gasteiger partial charge in [-0.25, -0.2) is 0 Å². The monoisotopic (exact) mass is 530 g/mol. The van der Waals surface area contributed by atoms with E-state index in [4.69, 9.17) is 0 Å². The van der Waals surface area contributed by atoms with Crippen molar-refractivity contribution in [3.05, 3.63) is 69.4 Å². The molecule has 1 amide bonds. The molecule has 0 spiro atoms. The van der Waals surface area contributed by atoms with Gasteiger partial charge in [-0.05, 0) is 78.0 Å². The third kappa shape index (κ3) is 4.83. The lowest BCUT2D eigenvalue weighted by Gasteiger charge is -2.58. The molecule has 176 valence electrons. The first-order valence-corrected chi connectivity index (χ1v) is 13.0. The van der Waals surface area contributed by atoms with Gasteiger partial charge in [-0.2, -0.15) is 0 Å². The molecule has 7 heteroatoms. The third-order valence-electron chi connectivity index (χ3n) is 7.37. The summed E-state index contributed by atoms with van der Waals surface area (Å²) in [6.07, 6.45) is 8.12. The Hall–Kier alpha value is -1.93. The van der Waals surface area contributed by atoms with Gasteiger partial charge in [0.15, 0.2) is 0 Å². The molecule has 1 aliphatic heterocycles. The quantitative estimate of drug-likeness (QED) is 0.415. The second-order valence-electron chi connectivity index (χ2n) is 9.28. The Kier molecular flexibility index (Phi) is 7.15. The zero-order valence-corrected chi connectivity index (χ0v) is 21.3. The molecule has 0 bridgehead atoms. The minimum atomic E-state index is -0.929. The Balaban J connectivity index is 1.60. The van der Waals surface area contributed by atoms with E-state index in [0.29, 0.717) is 19.4 Å². The summed E-state index contributed by atoms with van der Waals surface area (Å²) in [5.41, 5.74) is -0.502. The maximum Gasteiger partial charge on any atom is 0.246 e. The Morgan fingerprint density at radius 2 is 2.21 bits per heavy atom. The fraction of sp³-hybridized carbons (Fsp3) is 0.423. The van der Waals surface area contributed by atoms with E-state index in [2.05, 4.69) is 27.4 Å². The van der Waals surface area contributed by atoms with Crippen LogP contribution in [0.2, 0.25) is 0 Å². The van der Waals surface area contributed by atoms with Crippen molar-refractivity contribution < 1.29 is 15.0 Å². The molecule has 2 fully saturated rings. The summed E-state index contributed by atoms with van der Waals surface area (Å²) in [5.74, 6) is 0.166. The Morgan fingerprint density at radius 1 is 1.39 bits per heavy atom. The average Bonchev–Trinajstić information content (AvgIpc) is 3.21. The number of piperidine rings is 1. The number of halogens is 1. The predicted octanol–water partition coefficient (Wildman–Crippen LogP) is 4.80. The van der Waals surface area contributed by atoms with Gasteiger partial charge in [-0.3, -0.25) is 9.69 Å². The van der Waals surface area contributed by atoms with E-state index in [0.717, 1.165) is 40.8 Å². The molecule has 2 N–H and O–H groups in total. The van der Waals surface area contributed by atoms with Crippen molar-refractivity contribution >= 4 is 39.2 Å². The van der Waals surface area contributed by atoms with Crippen LogP contribution in [-0.4, -0.2) is 64.2 Å². The van der Waals surface area contributed by atoms with Crippen LogP contribution in [0.3, 0.4) is 0 Å². The normalized spacial score (nSPS) is 27.9. The van der Waals surface area contributed by atoms with E-state index < -0.39 is 11.0 Å². The van der Waals surface area contributed by atoms with Gasteiger partial charge in [-0.1, -0.05) is 18.2 Å². The van der Waals surface area contributed by atoms with Crippen LogP contribution in [-0.2, 0) is 10.2 Å². The molecule has 2 heterocycles. The van der Waals surface area contributed by atoms with Gasteiger partial charge >= 0.3 is 0 Å². The number of amides is 1. The number of phenolic OH excluding ortho intramolecular Hbond substituents is 1. The zero-order valence-electron chi connectivity index (χ0n) is 18.9. The number of aromatic hydroxyl groups is 1. The molecule has 1 aromatic heterocycles. The van der Waals surface area contributed by atoms with Crippen molar-refractivity contribution in [1.29, 1.82) is 0 Å². The van der Waals surface area contributed by atoms with Crippen LogP contribution in [0.25, 0.3) is 6.08 Å². The van der Waals surface area contributed by atoms with Crippen molar-refractivity contribution in [1.82, 2.24) is 9.80 Å². The minimum Gasteiger partial charge on any atom is -0.508 e. The molecule has 2 aromatic rings. The summed E-state index contributed by atoms with van der Waals surface area (Å²) in [7, 11) is 1.86. The first-order chi connectivity index (χ1) is 15.8. The molecule has 0 unspecified atom stereocenters. The number of carbonyl (C=O) groups excluding carboxylic acids is 1. The molecule has 1 saturated heterocycles. The molecule has 1 aliphatic carbocycles. The lowest BCUT2D eigenvalue weighted by molar-refractivity contribution is -0.143. The Bertz CT molecular complexity index is 1050. The summed E-state index contributed by atoms with van der Waals surface area (Å²) in [6, 6.07) is 9.29. The second kappa shape index (κ2) is 9.74. The summed E-state index contributed by atoms with van der Waals surface area (Å²) < 4.78 is 1.01. The number of β-amino-alcohol motifs (C(OH)–C–C–N with tert-alkyl or cyclic N) is 1. The molecule has 2 aliphatic rings. The summed E-state index contributed by atoms with van der Waals surface area (Å²) in [6.45, 7) is 5.99. The van der Waals surface area contributed by atoms with Crippen molar-refractivity contribution in [2.45, 2.75) is 42.7 Å². The van der Waals surface area contributed by atoms with Crippen LogP contribution in [0.4, 0.5) is 0 Å². The van der Waals surface area contributed by atoms with Gasteiger partial charge in [-0.15, -0.1) is 17.9 Å². The minimum absolute atomic E-state index is 0.00537. The van der Waals surface area contributed by atoms with E-state index in [9.17, 15) is 15.0 Å². The Morgan fingerprint density at radius 3 is 2.91 bits per heavy atom. The molecular formula is C26H31BrN2O3S. The van der Waals surface area contributed by atoms with Crippen molar-refractivity contribution in [2.24, 2.45) is 0 Å². The van der Waals surface area contributed by atoms with E-state index >= 15 is 0 Å². The first kappa shape index (κ1) is 24.2. The molecule has 1 saturated carbocycles. The Labute approximate surface area is 208 Å². The van der Waals surface area contributed by atoms with Gasteiger partial charge in [0.1, 0.15) is 5.75 Å². The van der Waals surface area contributed by atoms with Crippen molar-refractivity contribution in [3.8, 4) is 5.75 Å². The van der Waals surface area contributed by atoms with Crippen LogP contribution in [0.5, 0.6) is 5.75 Å². The first-order valence-electron chi connectivity index (χ1n) is 11.3. The summed E-state index contributed by atoms with van der Waals surface area (Å²) in [5, 5.41) is 24.2. The predicted molar refractivity (Wildman–Crippen MR) is 137 cm³/mol. The fourth-order valence-electron chi connectivity index (χ4n) is 5.57. The number of hydrogen-bond acceptors (Lipinski definition) is 5. The molecule has 0 radical (unpaired) electrons. The van der Waals surface area contributed by atoms with Crippen molar-refractivity contribution in [3.63, 3.8) is 0 Å². The van der Waals surface area contributed by atoms with Gasteiger partial charge < -0.3 is 15.1 Å². The number of hydrogen-bond donors (Lipinski definition) is 2. The molecule has 5 nitrogen and oxygen atoms in total. The topological polar surface area (TPSA) is 64.0 Å². The fourth-order valence-corrected chi connectivity index (χ4v) is 6.91. The molecule has 33 heavy (non-hydrogen) atoms. The van der Waals surface area contributed by atoms with Crippen molar-refractivity contribution in [2.75, 3.05) is 26.7 Å². The largest absolute Gasteiger partial charge is 0.508 e. The van der Waals surface area contributed by atoms with E-state index in [1.165, 1.54) is 0 Å². The van der Waals surface area contributed by atoms with Gasteiger partial charge in [0, 0.05) is 52.4 Å². The standard InChI is InChI=1S/C26H31BrN2O3S/c1-3-12-29-13-11-25(19-5-4-6-22(30)14-19)16-21(9-10-26(25,32)18-29)28(2)24(31)8-7-23-15-20(27)17-33-23/h3-8,14-15,17,21,30,32H,1,9-13,16,18H2,2H3/b8-7+/t21-,25-,26-/m0/s1. The van der Waals surface area contributed by atoms with E-state index in [-0.39, 0.29) is 17.7 Å². The van der Waals surface area contributed by atoms with Gasteiger partial charge in [0.05, 0.1) is 5.60 Å². The van der Waals surface area contributed by atoms with Crippen LogP contribution in [0, 0.1) is 0 Å². The smallest absolute Gasteiger partial charge is 0.246 e. The average molecular weight is 532 g/mol. The SMILES string of the molecule is C=CCN1CC[C@@]2(c3cccc(O)c3)C[C@@H](N(C)C(=O)/C=C/c3cc(Br)cs3)CC[C@]2(O)C1. The number of rotatable bonds is 6. The molecular weight excluding hydrogens is 500 g/mol. The number of carbonyl (C=O) groups is 1. The number of likely N-dealkylation sites (N-methyl/N-ethyl adjacent to an activating group) is 1. The number of benzene rings is 1. The highest BCUT2D eigenvalue weighted by molar-refractivity contribution is 9.10. The highest BCUT2D eigenvalue weighted by atomic mass is 79.9. The third-order valence-corrected chi connectivity index (χ3v) is 9.02. The lowest BCUT2D eigenvalue weighted by atomic mass is 9.55. The summed E-state index contributed by atoms with van der Waals surface area (Å²) >= 11 is 5.03. The zero-order chi connectivity index (χ0) is 23.6. The number of thiophene rings is 1. The van der Waals surface area contributed by atoms with Crippen LogP contribution in [0.15, 0.2) is 58.9 Å². The molecule has 3 atom stereocenters. The maximum atomic E-state index is 13.0. The van der Waals surface area contributed by atoms with Gasteiger partial charge in [0.2, 0.25) is 5.91 Å². The number of likely N-dealkylation sites (tertiary alicyclic amines) is 1. The second-order valence-corrected chi connectivity index (χ2v) is 11.1. The number of nitrogens with zero attached hydrogens (tertiary/aromatic N) is 2. The highest BCUT2D eigenvalue weighted by Gasteiger charge is 2.58. The highest BCUT2D eigenvalue weighted by Crippen LogP contribution is 2.52. The number of fused-ring (bicyclic) bond motifs is 1. The van der Waals surface area contributed by atoms with Crippen LogP contribution >= 0.6 is 27.3 Å². The summed E-state index contributed by atoms with van der Waals surface area (Å²) in [4.78, 5) is 18.1. The van der Waals surface area contributed by atoms with E-state index in [1.54, 1.807) is 29.5 Å². The number of aliphatic hydroxyl groups is 1. The van der Waals surface area contributed by atoms with Gasteiger partial charge in [0.25, 0.3) is 0 Å². The van der Waals surface area contributed by atoms with Crippen LogP contribution in [0.1, 0.15) is 36.1 Å². The maximum absolute atomic E-state index is 13.0. The van der Waals surface area contributed by atoms with Crippen LogP contribution < -0.4 is 0 Å². The number of phenols is 1.